The van der Waals surface area contributed by atoms with Crippen molar-refractivity contribution in [3.8, 4) is 34.2 Å². The number of ether oxygens (including phenoxy) is 1. The Morgan fingerprint density at radius 1 is 1.15 bits per heavy atom. The third kappa shape index (κ3) is 4.24. The molecule has 2 aromatic carbocycles. The molecule has 1 aliphatic heterocycles. The number of nitrogens with two attached hydrogens (primary N) is 1. The predicted octanol–water partition coefficient (Wildman–Crippen LogP) is 3.68. The molecule has 4 rings (SSSR count). The van der Waals surface area contributed by atoms with Crippen molar-refractivity contribution in [1.82, 2.24) is 9.55 Å². The first-order chi connectivity index (χ1) is 16.4. The molecule has 3 aromatic rings. The van der Waals surface area contributed by atoms with Gasteiger partial charge in [0.25, 0.3) is 5.56 Å². The molecule has 7 nitrogen and oxygen atoms in total. The van der Waals surface area contributed by atoms with Crippen molar-refractivity contribution in [3.05, 3.63) is 63.9 Å². The quantitative estimate of drug-likeness (QED) is 0.617. The number of halogens is 2. The van der Waals surface area contributed by atoms with Gasteiger partial charge in [0, 0.05) is 31.2 Å². The molecule has 176 valence electrons. The molecule has 1 fully saturated rings. The summed E-state index contributed by atoms with van der Waals surface area (Å²) in [4.78, 5) is 20.6. The summed E-state index contributed by atoms with van der Waals surface area (Å²) in [5, 5.41) is 9.11. The van der Waals surface area contributed by atoms with E-state index in [1.165, 1.54) is 35.9 Å². The molecular weight excluding hydrogens is 440 g/mol. The highest BCUT2D eigenvalue weighted by molar-refractivity contribution is 5.81. The van der Waals surface area contributed by atoms with Crippen LogP contribution in [0.4, 0.5) is 14.7 Å². The zero-order chi connectivity index (χ0) is 24.4. The molecule has 0 bridgehead atoms. The first-order valence-corrected chi connectivity index (χ1v) is 11.1. The summed E-state index contributed by atoms with van der Waals surface area (Å²) in [5.74, 6) is -0.857. The average Bonchev–Trinajstić information content (AvgIpc) is 2.84. The van der Waals surface area contributed by atoms with E-state index < -0.39 is 11.6 Å². The standard InChI is InChI=1S/C25H25F2N5O2/c1-3-32-24(33)22(15-6-7-21(34-2)20(27)12-15)23(16-4-5-17(14-28)19(26)13-16)30-25(32)31-10-8-18(29)9-11-31/h4-7,12-13,18H,3,8-11,29H2,1-2H3. The molecule has 0 spiro atoms. The van der Waals surface area contributed by atoms with E-state index in [1.807, 2.05) is 11.8 Å². The van der Waals surface area contributed by atoms with E-state index in [0.717, 1.165) is 12.8 Å². The SMILES string of the molecule is CCn1c(N2CCC(N)CC2)nc(-c2ccc(C#N)c(F)c2)c(-c2ccc(OC)c(F)c2)c1=O. The van der Waals surface area contributed by atoms with Crippen LogP contribution in [0.5, 0.6) is 5.75 Å². The fourth-order valence-electron chi connectivity index (χ4n) is 4.21. The molecule has 9 heteroatoms. The van der Waals surface area contributed by atoms with Crippen LogP contribution in [0, 0.1) is 23.0 Å². The predicted molar refractivity (Wildman–Crippen MR) is 126 cm³/mol. The maximum atomic E-state index is 14.6. The van der Waals surface area contributed by atoms with Gasteiger partial charge in [0.05, 0.1) is 23.9 Å². The van der Waals surface area contributed by atoms with Crippen LogP contribution in [-0.4, -0.2) is 35.8 Å². The summed E-state index contributed by atoms with van der Waals surface area (Å²) < 4.78 is 35.7. The van der Waals surface area contributed by atoms with Gasteiger partial charge in [-0.15, -0.1) is 0 Å². The zero-order valence-electron chi connectivity index (χ0n) is 19.0. The number of hydrogen-bond acceptors (Lipinski definition) is 6. The average molecular weight is 466 g/mol. The largest absolute Gasteiger partial charge is 0.494 e. The molecular formula is C25H25F2N5O2. The van der Waals surface area contributed by atoms with Crippen LogP contribution in [0.1, 0.15) is 25.3 Å². The van der Waals surface area contributed by atoms with Gasteiger partial charge in [0.15, 0.2) is 11.6 Å². The zero-order valence-corrected chi connectivity index (χ0v) is 19.0. The van der Waals surface area contributed by atoms with Gasteiger partial charge in [-0.05, 0) is 49.6 Å². The van der Waals surface area contributed by atoms with E-state index in [4.69, 9.17) is 20.7 Å². The summed E-state index contributed by atoms with van der Waals surface area (Å²) in [6.45, 7) is 3.44. The monoisotopic (exact) mass is 465 g/mol. The first kappa shape index (κ1) is 23.4. The summed E-state index contributed by atoms with van der Waals surface area (Å²) in [7, 11) is 1.36. The molecule has 2 heterocycles. The topological polar surface area (TPSA) is 97.2 Å². The molecule has 2 N–H and O–H groups in total. The minimum Gasteiger partial charge on any atom is -0.494 e. The van der Waals surface area contributed by atoms with E-state index in [-0.39, 0.29) is 34.2 Å². The number of hydrogen-bond donors (Lipinski definition) is 1. The van der Waals surface area contributed by atoms with E-state index in [1.54, 1.807) is 18.2 Å². The number of benzene rings is 2. The number of nitriles is 1. The Balaban J connectivity index is 1.99. The Morgan fingerprint density at radius 3 is 2.41 bits per heavy atom. The van der Waals surface area contributed by atoms with Crippen molar-refractivity contribution < 1.29 is 13.5 Å². The van der Waals surface area contributed by atoms with Crippen LogP contribution >= 0.6 is 0 Å². The highest BCUT2D eigenvalue weighted by atomic mass is 19.1. The lowest BCUT2D eigenvalue weighted by Gasteiger charge is -2.33. The second-order valence-electron chi connectivity index (χ2n) is 8.17. The molecule has 0 unspecified atom stereocenters. The van der Waals surface area contributed by atoms with Crippen LogP contribution < -0.4 is 20.9 Å². The molecule has 34 heavy (non-hydrogen) atoms. The summed E-state index contributed by atoms with van der Waals surface area (Å²) in [5.41, 5.74) is 6.54. The van der Waals surface area contributed by atoms with E-state index in [0.29, 0.717) is 36.7 Å². The molecule has 0 saturated carbocycles. The number of piperidine rings is 1. The van der Waals surface area contributed by atoms with Gasteiger partial charge in [-0.3, -0.25) is 9.36 Å². The van der Waals surface area contributed by atoms with Gasteiger partial charge >= 0.3 is 0 Å². The molecule has 0 radical (unpaired) electrons. The normalized spacial score (nSPS) is 14.2. The Labute approximate surface area is 196 Å². The number of methoxy groups -OCH3 is 1. The van der Waals surface area contributed by atoms with Crippen molar-refractivity contribution in [2.45, 2.75) is 32.4 Å². The van der Waals surface area contributed by atoms with Gasteiger partial charge in [-0.2, -0.15) is 5.26 Å². The van der Waals surface area contributed by atoms with E-state index in [2.05, 4.69) is 0 Å². The van der Waals surface area contributed by atoms with Gasteiger partial charge in [-0.25, -0.2) is 13.8 Å². The fourth-order valence-corrected chi connectivity index (χ4v) is 4.21. The molecule has 0 amide bonds. The number of rotatable bonds is 5. The Hall–Kier alpha value is -3.77. The van der Waals surface area contributed by atoms with Gasteiger partial charge in [-0.1, -0.05) is 12.1 Å². The Bertz CT molecular complexity index is 1320. The summed E-state index contributed by atoms with van der Waals surface area (Å²) >= 11 is 0. The van der Waals surface area contributed by atoms with Gasteiger partial charge < -0.3 is 15.4 Å². The lowest BCUT2D eigenvalue weighted by atomic mass is 9.99. The van der Waals surface area contributed by atoms with Crippen LogP contribution in [0.25, 0.3) is 22.4 Å². The number of anilines is 1. The highest BCUT2D eigenvalue weighted by Crippen LogP contribution is 2.33. The fraction of sp³-hybridized carbons (Fsp3) is 0.320. The van der Waals surface area contributed by atoms with E-state index >= 15 is 0 Å². The highest BCUT2D eigenvalue weighted by Gasteiger charge is 2.25. The van der Waals surface area contributed by atoms with Crippen molar-refractivity contribution in [2.75, 3.05) is 25.1 Å². The van der Waals surface area contributed by atoms with Crippen molar-refractivity contribution in [3.63, 3.8) is 0 Å². The Morgan fingerprint density at radius 2 is 1.82 bits per heavy atom. The van der Waals surface area contributed by atoms with Crippen LogP contribution in [0.15, 0.2) is 41.2 Å². The molecule has 0 atom stereocenters. The van der Waals surface area contributed by atoms with Gasteiger partial charge in [0.1, 0.15) is 11.9 Å². The minimum absolute atomic E-state index is 0.0415. The third-order valence-electron chi connectivity index (χ3n) is 6.09. The van der Waals surface area contributed by atoms with Crippen LogP contribution in [-0.2, 0) is 6.54 Å². The van der Waals surface area contributed by atoms with Crippen LogP contribution in [0.3, 0.4) is 0 Å². The summed E-state index contributed by atoms with van der Waals surface area (Å²) in [6, 6.07) is 10.2. The smallest absolute Gasteiger partial charge is 0.263 e. The van der Waals surface area contributed by atoms with Crippen LogP contribution in [0.2, 0.25) is 0 Å². The lowest BCUT2D eigenvalue weighted by molar-refractivity contribution is 0.386. The Kier molecular flexibility index (Phi) is 6.61. The third-order valence-corrected chi connectivity index (χ3v) is 6.09. The van der Waals surface area contributed by atoms with Crippen molar-refractivity contribution in [1.29, 1.82) is 5.26 Å². The molecule has 1 aliphatic rings. The maximum Gasteiger partial charge on any atom is 0.263 e. The summed E-state index contributed by atoms with van der Waals surface area (Å²) in [6.07, 6.45) is 1.51. The number of aromatic nitrogens is 2. The van der Waals surface area contributed by atoms with E-state index in [9.17, 15) is 13.6 Å². The molecule has 0 aliphatic carbocycles. The molecule has 1 aromatic heterocycles. The minimum atomic E-state index is -0.723. The van der Waals surface area contributed by atoms with Crippen molar-refractivity contribution in [2.24, 2.45) is 5.73 Å². The molecule has 1 saturated heterocycles. The first-order valence-electron chi connectivity index (χ1n) is 11.1. The lowest BCUT2D eigenvalue weighted by Crippen LogP contribution is -2.43. The number of nitrogens with zero attached hydrogens (tertiary/aromatic N) is 4. The van der Waals surface area contributed by atoms with Crippen molar-refractivity contribution >= 4 is 5.95 Å². The van der Waals surface area contributed by atoms with Gasteiger partial charge in [0.2, 0.25) is 5.95 Å². The second-order valence-corrected chi connectivity index (χ2v) is 8.17. The second kappa shape index (κ2) is 9.61. The maximum absolute atomic E-state index is 14.6.